The van der Waals surface area contributed by atoms with Crippen molar-refractivity contribution >= 4 is 12.0 Å². The molecule has 18 heavy (non-hydrogen) atoms. The summed E-state index contributed by atoms with van der Waals surface area (Å²) >= 11 is 0. The van der Waals surface area contributed by atoms with Crippen LogP contribution in [0.3, 0.4) is 0 Å². The smallest absolute Gasteiger partial charge is 0.262 e. The van der Waals surface area contributed by atoms with E-state index in [1.54, 1.807) is 6.33 Å². The molecule has 2 rings (SSSR count). The van der Waals surface area contributed by atoms with Gasteiger partial charge in [-0.1, -0.05) is 6.92 Å². The molecule has 1 saturated carbocycles. The SMILES string of the molecule is CCCNC(=O)/C(C#N)=C\c1cn(C2CC2)cn1. The molecule has 0 radical (unpaired) electrons. The Morgan fingerprint density at radius 1 is 1.72 bits per heavy atom. The second-order valence-corrected chi connectivity index (χ2v) is 4.40. The zero-order valence-electron chi connectivity index (χ0n) is 10.4. The number of rotatable bonds is 5. The summed E-state index contributed by atoms with van der Waals surface area (Å²) in [6.45, 7) is 2.54. The number of carbonyl (C=O) groups excluding carboxylic acids is 1. The van der Waals surface area contributed by atoms with E-state index in [0.29, 0.717) is 18.3 Å². The van der Waals surface area contributed by atoms with Crippen LogP contribution in [0.15, 0.2) is 18.1 Å². The maximum absolute atomic E-state index is 11.7. The number of imidazole rings is 1. The van der Waals surface area contributed by atoms with Crippen LogP contribution in [0, 0.1) is 11.3 Å². The van der Waals surface area contributed by atoms with Crippen molar-refractivity contribution in [3.63, 3.8) is 0 Å². The highest BCUT2D eigenvalue weighted by molar-refractivity contribution is 6.01. The van der Waals surface area contributed by atoms with Gasteiger partial charge in [0.15, 0.2) is 0 Å². The molecule has 1 aromatic heterocycles. The molecule has 1 N–H and O–H groups in total. The molecule has 1 aliphatic carbocycles. The second-order valence-electron chi connectivity index (χ2n) is 4.40. The van der Waals surface area contributed by atoms with Gasteiger partial charge in [0.1, 0.15) is 11.6 Å². The largest absolute Gasteiger partial charge is 0.351 e. The average molecular weight is 244 g/mol. The monoisotopic (exact) mass is 244 g/mol. The van der Waals surface area contributed by atoms with E-state index >= 15 is 0 Å². The summed E-state index contributed by atoms with van der Waals surface area (Å²) in [5.74, 6) is -0.333. The maximum Gasteiger partial charge on any atom is 0.262 e. The van der Waals surface area contributed by atoms with Gasteiger partial charge in [0.25, 0.3) is 5.91 Å². The Hall–Kier alpha value is -2.09. The fourth-order valence-electron chi connectivity index (χ4n) is 1.63. The Morgan fingerprint density at radius 2 is 2.50 bits per heavy atom. The van der Waals surface area contributed by atoms with Gasteiger partial charge >= 0.3 is 0 Å². The average Bonchev–Trinajstić information content (AvgIpc) is 3.13. The first-order valence-electron chi connectivity index (χ1n) is 6.18. The van der Waals surface area contributed by atoms with Crippen LogP contribution in [-0.4, -0.2) is 22.0 Å². The molecular weight excluding hydrogens is 228 g/mol. The Bertz CT molecular complexity index is 505. The third kappa shape index (κ3) is 2.98. The second kappa shape index (κ2) is 5.50. The molecule has 5 nitrogen and oxygen atoms in total. The Labute approximate surface area is 106 Å². The zero-order chi connectivity index (χ0) is 13.0. The standard InChI is InChI=1S/C13H16N4O/c1-2-5-15-13(18)10(7-14)6-11-8-17(9-16-11)12-3-4-12/h6,8-9,12H,2-5H2,1H3,(H,15,18)/b10-6-. The first-order chi connectivity index (χ1) is 8.74. The van der Waals surface area contributed by atoms with Gasteiger partial charge in [0.2, 0.25) is 0 Å². The number of nitriles is 1. The van der Waals surface area contributed by atoms with Crippen LogP contribution in [0.4, 0.5) is 0 Å². The molecular formula is C13H16N4O. The number of aromatic nitrogens is 2. The van der Waals surface area contributed by atoms with Crippen molar-refractivity contribution in [3.8, 4) is 6.07 Å². The number of hydrogen-bond acceptors (Lipinski definition) is 3. The van der Waals surface area contributed by atoms with Crippen LogP contribution in [0.25, 0.3) is 6.08 Å². The molecule has 0 aromatic carbocycles. The fourth-order valence-corrected chi connectivity index (χ4v) is 1.63. The zero-order valence-corrected chi connectivity index (χ0v) is 10.4. The van der Waals surface area contributed by atoms with Crippen molar-refractivity contribution in [2.24, 2.45) is 0 Å². The van der Waals surface area contributed by atoms with E-state index in [0.717, 1.165) is 6.42 Å². The quantitative estimate of drug-likeness (QED) is 0.632. The molecule has 0 spiro atoms. The number of hydrogen-bond donors (Lipinski definition) is 1. The highest BCUT2D eigenvalue weighted by Gasteiger charge is 2.23. The van der Waals surface area contributed by atoms with Crippen molar-refractivity contribution in [2.45, 2.75) is 32.2 Å². The van der Waals surface area contributed by atoms with Crippen molar-refractivity contribution in [1.82, 2.24) is 14.9 Å². The van der Waals surface area contributed by atoms with Gasteiger partial charge in [-0.05, 0) is 25.3 Å². The predicted molar refractivity (Wildman–Crippen MR) is 67.4 cm³/mol. The van der Waals surface area contributed by atoms with Gasteiger partial charge in [-0.3, -0.25) is 4.79 Å². The van der Waals surface area contributed by atoms with E-state index in [2.05, 4.69) is 10.3 Å². The van der Waals surface area contributed by atoms with E-state index in [1.807, 2.05) is 23.8 Å². The minimum absolute atomic E-state index is 0.101. The molecule has 0 bridgehead atoms. The number of carbonyl (C=O) groups is 1. The summed E-state index contributed by atoms with van der Waals surface area (Å²) in [4.78, 5) is 15.8. The third-order valence-electron chi connectivity index (χ3n) is 2.78. The Morgan fingerprint density at radius 3 is 3.11 bits per heavy atom. The lowest BCUT2D eigenvalue weighted by Gasteiger charge is -2.00. The molecule has 0 aliphatic heterocycles. The molecule has 0 atom stereocenters. The lowest BCUT2D eigenvalue weighted by molar-refractivity contribution is -0.117. The Kier molecular flexibility index (Phi) is 3.78. The minimum atomic E-state index is -0.333. The van der Waals surface area contributed by atoms with Crippen LogP contribution in [0.1, 0.15) is 37.9 Å². The van der Waals surface area contributed by atoms with Crippen molar-refractivity contribution in [2.75, 3.05) is 6.54 Å². The molecule has 0 saturated heterocycles. The number of amides is 1. The minimum Gasteiger partial charge on any atom is -0.351 e. The Balaban J connectivity index is 2.07. The van der Waals surface area contributed by atoms with E-state index in [1.165, 1.54) is 18.9 Å². The topological polar surface area (TPSA) is 70.7 Å². The number of nitrogens with zero attached hydrogens (tertiary/aromatic N) is 3. The fraction of sp³-hybridized carbons (Fsp3) is 0.462. The van der Waals surface area contributed by atoms with Gasteiger partial charge in [-0.2, -0.15) is 5.26 Å². The van der Waals surface area contributed by atoms with Crippen molar-refractivity contribution in [1.29, 1.82) is 5.26 Å². The summed E-state index contributed by atoms with van der Waals surface area (Å²) < 4.78 is 2.03. The van der Waals surface area contributed by atoms with Crippen LogP contribution in [0.2, 0.25) is 0 Å². The summed E-state index contributed by atoms with van der Waals surface area (Å²) in [5.41, 5.74) is 0.759. The molecule has 0 unspecified atom stereocenters. The van der Waals surface area contributed by atoms with Crippen molar-refractivity contribution < 1.29 is 4.79 Å². The van der Waals surface area contributed by atoms with E-state index in [9.17, 15) is 4.79 Å². The van der Waals surface area contributed by atoms with Gasteiger partial charge in [0, 0.05) is 18.8 Å². The third-order valence-corrected chi connectivity index (χ3v) is 2.78. The normalized spacial score (nSPS) is 15.2. The van der Waals surface area contributed by atoms with Crippen LogP contribution >= 0.6 is 0 Å². The van der Waals surface area contributed by atoms with E-state index in [-0.39, 0.29) is 11.5 Å². The van der Waals surface area contributed by atoms with Crippen LogP contribution in [-0.2, 0) is 4.79 Å². The molecule has 5 heteroatoms. The molecule has 1 aliphatic rings. The van der Waals surface area contributed by atoms with Gasteiger partial charge in [-0.25, -0.2) is 4.98 Å². The molecule has 1 aromatic rings. The molecule has 1 heterocycles. The van der Waals surface area contributed by atoms with Crippen LogP contribution < -0.4 is 5.32 Å². The molecule has 1 fully saturated rings. The highest BCUT2D eigenvalue weighted by atomic mass is 16.1. The van der Waals surface area contributed by atoms with Gasteiger partial charge in [-0.15, -0.1) is 0 Å². The first-order valence-corrected chi connectivity index (χ1v) is 6.18. The van der Waals surface area contributed by atoms with E-state index in [4.69, 9.17) is 5.26 Å². The van der Waals surface area contributed by atoms with E-state index < -0.39 is 0 Å². The summed E-state index contributed by atoms with van der Waals surface area (Å²) in [6.07, 6.45) is 8.37. The van der Waals surface area contributed by atoms with Gasteiger partial charge < -0.3 is 9.88 Å². The molecule has 1 amide bonds. The first kappa shape index (κ1) is 12.4. The lowest BCUT2D eigenvalue weighted by atomic mass is 10.2. The lowest BCUT2D eigenvalue weighted by Crippen LogP contribution is -2.25. The summed E-state index contributed by atoms with van der Waals surface area (Å²) in [7, 11) is 0. The molecule has 94 valence electrons. The predicted octanol–water partition coefficient (Wildman–Crippen LogP) is 1.65. The summed E-state index contributed by atoms with van der Waals surface area (Å²) in [6, 6.07) is 2.47. The van der Waals surface area contributed by atoms with Gasteiger partial charge in [0.05, 0.1) is 12.0 Å². The highest BCUT2D eigenvalue weighted by Crippen LogP contribution is 2.34. The van der Waals surface area contributed by atoms with Crippen molar-refractivity contribution in [3.05, 3.63) is 23.8 Å². The van der Waals surface area contributed by atoms with Crippen LogP contribution in [0.5, 0.6) is 0 Å². The summed E-state index contributed by atoms with van der Waals surface area (Å²) in [5, 5.41) is 11.7. The number of nitrogens with one attached hydrogen (secondary N) is 1. The maximum atomic E-state index is 11.7.